The van der Waals surface area contributed by atoms with Crippen LogP contribution in [0.15, 0.2) is 53.1 Å². The largest absolute Gasteiger partial charge is 0.352 e. The Balaban J connectivity index is 1.51. The molecule has 5 nitrogen and oxygen atoms in total. The molecule has 0 atom stereocenters. The van der Waals surface area contributed by atoms with Crippen molar-refractivity contribution in [2.24, 2.45) is 0 Å². The van der Waals surface area contributed by atoms with Crippen molar-refractivity contribution >= 4 is 17.5 Å². The van der Waals surface area contributed by atoms with E-state index in [0.29, 0.717) is 36.1 Å². The summed E-state index contributed by atoms with van der Waals surface area (Å²) in [5, 5.41) is 7.44. The van der Waals surface area contributed by atoms with Gasteiger partial charge in [-0.05, 0) is 24.6 Å². The van der Waals surface area contributed by atoms with Gasteiger partial charge in [-0.25, -0.2) is 0 Å². The molecule has 1 aromatic heterocycles. The van der Waals surface area contributed by atoms with Crippen LogP contribution in [-0.4, -0.2) is 16.0 Å². The Bertz CT molecular complexity index is 876. The molecule has 128 valence electrons. The first-order valence-electron chi connectivity index (χ1n) is 8.01. The summed E-state index contributed by atoms with van der Waals surface area (Å²) in [5.74, 6) is 0.849. The third-order valence-corrected chi connectivity index (χ3v) is 3.92. The summed E-state index contributed by atoms with van der Waals surface area (Å²) in [6.45, 7) is 2.54. The van der Waals surface area contributed by atoms with Crippen molar-refractivity contribution in [2.75, 3.05) is 0 Å². The molecule has 0 aliphatic heterocycles. The van der Waals surface area contributed by atoms with E-state index in [9.17, 15) is 4.79 Å². The number of amides is 1. The number of hydrogen-bond donors (Lipinski definition) is 1. The zero-order valence-corrected chi connectivity index (χ0v) is 14.6. The topological polar surface area (TPSA) is 68.0 Å². The lowest BCUT2D eigenvalue weighted by Crippen LogP contribution is -2.23. The fourth-order valence-electron chi connectivity index (χ4n) is 2.43. The van der Waals surface area contributed by atoms with E-state index in [4.69, 9.17) is 16.1 Å². The van der Waals surface area contributed by atoms with Crippen LogP contribution in [0.2, 0.25) is 5.02 Å². The molecule has 0 spiro atoms. The average Bonchev–Trinajstić information content (AvgIpc) is 3.07. The summed E-state index contributed by atoms with van der Waals surface area (Å²) in [6, 6.07) is 15.3. The molecule has 1 N–H and O–H groups in total. The third kappa shape index (κ3) is 4.90. The summed E-state index contributed by atoms with van der Waals surface area (Å²) in [6.07, 6.45) is 0.691. The molecular formula is C19H18ClN3O2. The Morgan fingerprint density at radius 2 is 2.04 bits per heavy atom. The van der Waals surface area contributed by atoms with E-state index >= 15 is 0 Å². The second-order valence-electron chi connectivity index (χ2n) is 5.79. The quantitative estimate of drug-likeness (QED) is 0.727. The van der Waals surface area contributed by atoms with E-state index in [0.717, 1.165) is 11.1 Å². The number of aryl methyl sites for hydroxylation is 2. The lowest BCUT2D eigenvalue weighted by molar-refractivity contribution is -0.121. The monoisotopic (exact) mass is 355 g/mol. The van der Waals surface area contributed by atoms with Crippen molar-refractivity contribution in [3.05, 3.63) is 70.6 Å². The number of rotatable bonds is 6. The maximum absolute atomic E-state index is 12.0. The Labute approximate surface area is 151 Å². The third-order valence-electron chi connectivity index (χ3n) is 3.69. The van der Waals surface area contributed by atoms with Crippen LogP contribution in [0.25, 0.3) is 11.4 Å². The van der Waals surface area contributed by atoms with Crippen LogP contribution in [-0.2, 0) is 17.8 Å². The Morgan fingerprint density at radius 1 is 1.20 bits per heavy atom. The second kappa shape index (κ2) is 7.94. The zero-order chi connectivity index (χ0) is 17.6. The average molecular weight is 356 g/mol. The van der Waals surface area contributed by atoms with Crippen molar-refractivity contribution in [2.45, 2.75) is 26.3 Å². The number of benzene rings is 2. The van der Waals surface area contributed by atoms with Crippen molar-refractivity contribution in [1.29, 1.82) is 0 Å². The first kappa shape index (κ1) is 17.2. The van der Waals surface area contributed by atoms with Gasteiger partial charge in [-0.15, -0.1) is 0 Å². The van der Waals surface area contributed by atoms with E-state index in [2.05, 4.69) is 21.5 Å². The predicted molar refractivity (Wildman–Crippen MR) is 96.1 cm³/mol. The number of carbonyl (C=O) groups is 1. The van der Waals surface area contributed by atoms with E-state index in [-0.39, 0.29) is 5.91 Å². The van der Waals surface area contributed by atoms with Gasteiger partial charge in [-0.2, -0.15) is 4.98 Å². The number of nitrogens with one attached hydrogen (secondary N) is 1. The molecule has 6 heteroatoms. The Morgan fingerprint density at radius 3 is 2.84 bits per heavy atom. The molecule has 1 heterocycles. The van der Waals surface area contributed by atoms with Crippen molar-refractivity contribution in [1.82, 2.24) is 15.5 Å². The highest BCUT2D eigenvalue weighted by Crippen LogP contribution is 2.20. The highest BCUT2D eigenvalue weighted by atomic mass is 35.5. The van der Waals surface area contributed by atoms with Crippen LogP contribution in [0.5, 0.6) is 0 Å². The first-order chi connectivity index (χ1) is 12.1. The van der Waals surface area contributed by atoms with Gasteiger partial charge in [0.25, 0.3) is 0 Å². The molecule has 2 aromatic carbocycles. The molecule has 0 aliphatic carbocycles. The van der Waals surface area contributed by atoms with Gasteiger partial charge < -0.3 is 9.84 Å². The number of hydrogen-bond acceptors (Lipinski definition) is 4. The maximum atomic E-state index is 12.0. The van der Waals surface area contributed by atoms with Gasteiger partial charge in [0.15, 0.2) is 0 Å². The molecule has 1 amide bonds. The molecule has 0 aliphatic rings. The highest BCUT2D eigenvalue weighted by Gasteiger charge is 2.11. The summed E-state index contributed by atoms with van der Waals surface area (Å²) in [4.78, 5) is 16.3. The van der Waals surface area contributed by atoms with Gasteiger partial charge >= 0.3 is 0 Å². The van der Waals surface area contributed by atoms with Crippen LogP contribution in [0.3, 0.4) is 0 Å². The molecule has 0 fully saturated rings. The van der Waals surface area contributed by atoms with E-state index < -0.39 is 0 Å². The summed E-state index contributed by atoms with van der Waals surface area (Å²) in [5.41, 5.74) is 3.03. The number of carbonyl (C=O) groups excluding carboxylic acids is 1. The Kier molecular flexibility index (Phi) is 5.46. The van der Waals surface area contributed by atoms with Crippen molar-refractivity contribution in [3.63, 3.8) is 0 Å². The number of halogens is 1. The molecule has 3 rings (SSSR count). The van der Waals surface area contributed by atoms with Crippen LogP contribution in [0.1, 0.15) is 23.4 Å². The van der Waals surface area contributed by atoms with Crippen LogP contribution in [0, 0.1) is 6.92 Å². The van der Waals surface area contributed by atoms with Crippen LogP contribution in [0.4, 0.5) is 0 Å². The van der Waals surface area contributed by atoms with Crippen LogP contribution < -0.4 is 5.32 Å². The normalized spacial score (nSPS) is 10.6. The molecule has 0 bridgehead atoms. The van der Waals surface area contributed by atoms with Gasteiger partial charge in [-0.3, -0.25) is 4.79 Å². The minimum absolute atomic E-state index is 0.0518. The fourth-order valence-corrected chi connectivity index (χ4v) is 2.62. The second-order valence-corrected chi connectivity index (χ2v) is 6.22. The lowest BCUT2D eigenvalue weighted by atomic mass is 10.1. The molecule has 0 saturated heterocycles. The smallest absolute Gasteiger partial charge is 0.227 e. The lowest BCUT2D eigenvalue weighted by Gasteiger charge is -2.05. The summed E-state index contributed by atoms with van der Waals surface area (Å²) in [7, 11) is 0. The van der Waals surface area contributed by atoms with E-state index in [1.807, 2.05) is 37.3 Å². The fraction of sp³-hybridized carbons (Fsp3) is 0.211. The first-order valence-corrected chi connectivity index (χ1v) is 8.39. The van der Waals surface area contributed by atoms with Gasteiger partial charge in [0, 0.05) is 30.0 Å². The van der Waals surface area contributed by atoms with Gasteiger partial charge in [0.2, 0.25) is 17.6 Å². The molecule has 0 radical (unpaired) electrons. The van der Waals surface area contributed by atoms with Gasteiger partial charge in [0.1, 0.15) is 0 Å². The molecule has 3 aromatic rings. The van der Waals surface area contributed by atoms with Crippen molar-refractivity contribution < 1.29 is 9.32 Å². The number of aromatic nitrogens is 2. The summed E-state index contributed by atoms with van der Waals surface area (Å²) < 4.78 is 5.20. The van der Waals surface area contributed by atoms with Crippen LogP contribution >= 0.6 is 11.6 Å². The van der Waals surface area contributed by atoms with Gasteiger partial charge in [-0.1, -0.05) is 58.7 Å². The minimum Gasteiger partial charge on any atom is -0.352 e. The Hall–Kier alpha value is -2.66. The minimum atomic E-state index is -0.0518. The zero-order valence-electron chi connectivity index (χ0n) is 13.8. The molecule has 0 unspecified atom stereocenters. The summed E-state index contributed by atoms with van der Waals surface area (Å²) >= 11 is 5.96. The molecule has 0 saturated carbocycles. The highest BCUT2D eigenvalue weighted by molar-refractivity contribution is 6.30. The number of nitrogens with zero attached hydrogens (tertiary/aromatic N) is 2. The standard InChI is InChI=1S/C19H18ClN3O2/c1-13-4-2-5-14(10-13)12-21-17(24)8-9-18-22-19(23-25-18)15-6-3-7-16(20)11-15/h2-7,10-11H,8-9,12H2,1H3,(H,21,24). The maximum Gasteiger partial charge on any atom is 0.227 e. The predicted octanol–water partition coefficient (Wildman–Crippen LogP) is 3.95. The van der Waals surface area contributed by atoms with E-state index in [1.54, 1.807) is 12.1 Å². The molecule has 25 heavy (non-hydrogen) atoms. The molecular weight excluding hydrogens is 338 g/mol. The van der Waals surface area contributed by atoms with Crippen molar-refractivity contribution in [3.8, 4) is 11.4 Å². The SMILES string of the molecule is Cc1cccc(CNC(=O)CCc2nc(-c3cccc(Cl)c3)no2)c1. The van der Waals surface area contributed by atoms with Gasteiger partial charge in [0.05, 0.1) is 0 Å². The van der Waals surface area contributed by atoms with E-state index in [1.165, 1.54) is 5.56 Å².